The van der Waals surface area contributed by atoms with Crippen LogP contribution in [0.15, 0.2) is 16.8 Å². The average molecular weight is 377 g/mol. The van der Waals surface area contributed by atoms with Crippen molar-refractivity contribution in [2.24, 2.45) is 0 Å². The Morgan fingerprint density at radius 1 is 1.48 bits per heavy atom. The molecule has 0 radical (unpaired) electrons. The first-order valence-corrected chi connectivity index (χ1v) is 10.5. The number of aryl methyl sites for hydroxylation is 2. The summed E-state index contributed by atoms with van der Waals surface area (Å²) >= 11 is 3.55. The third kappa shape index (κ3) is 6.22. The molecule has 0 saturated heterocycles. The van der Waals surface area contributed by atoms with Gasteiger partial charge < -0.3 is 5.32 Å². The maximum absolute atomic E-state index is 12.0. The molecule has 0 aliphatic rings. The van der Waals surface area contributed by atoms with Gasteiger partial charge in [0.1, 0.15) is 0 Å². The van der Waals surface area contributed by atoms with Crippen molar-refractivity contribution in [2.45, 2.75) is 45.4 Å². The Kier molecular flexibility index (Phi) is 8.02. The monoisotopic (exact) mass is 376 g/mol. The van der Waals surface area contributed by atoms with Gasteiger partial charge in [-0.25, -0.2) is 0 Å². The number of rotatable bonds is 10. The molecule has 25 heavy (non-hydrogen) atoms. The van der Waals surface area contributed by atoms with E-state index in [4.69, 9.17) is 5.26 Å². The van der Waals surface area contributed by atoms with Gasteiger partial charge in [-0.2, -0.15) is 33.5 Å². The molecule has 2 heterocycles. The standard InChI is InChI=1S/C18H24N4OS2/c1-14-17(15(2)22(21-14)9-3-7-19)4-5-18(23)20-8-11-25-13-16-6-10-24-12-16/h6,10,12H,3-5,8-9,11,13H2,1-2H3,(H,20,23). The van der Waals surface area contributed by atoms with E-state index in [-0.39, 0.29) is 5.91 Å². The maximum atomic E-state index is 12.0. The Balaban J connectivity index is 1.67. The van der Waals surface area contributed by atoms with E-state index in [1.54, 1.807) is 11.3 Å². The lowest BCUT2D eigenvalue weighted by Crippen LogP contribution is -2.26. The minimum absolute atomic E-state index is 0.0831. The van der Waals surface area contributed by atoms with Gasteiger partial charge in [0.15, 0.2) is 0 Å². The third-order valence-corrected chi connectivity index (χ3v) is 5.75. The van der Waals surface area contributed by atoms with Crippen molar-refractivity contribution in [1.29, 1.82) is 5.26 Å². The van der Waals surface area contributed by atoms with Gasteiger partial charge >= 0.3 is 0 Å². The van der Waals surface area contributed by atoms with Gasteiger partial charge in [-0.15, -0.1) is 0 Å². The Morgan fingerprint density at radius 2 is 2.32 bits per heavy atom. The van der Waals surface area contributed by atoms with Crippen LogP contribution in [0.25, 0.3) is 0 Å². The molecule has 2 rings (SSSR count). The SMILES string of the molecule is Cc1nn(CCC#N)c(C)c1CCC(=O)NCCSCc1ccsc1. The molecule has 0 fully saturated rings. The van der Waals surface area contributed by atoms with Crippen LogP contribution in [-0.2, 0) is 23.5 Å². The van der Waals surface area contributed by atoms with Crippen LogP contribution < -0.4 is 5.32 Å². The third-order valence-electron chi connectivity index (χ3n) is 3.99. The summed E-state index contributed by atoms with van der Waals surface area (Å²) in [5.74, 6) is 2.01. The molecule has 1 amide bonds. The number of hydrogen-bond acceptors (Lipinski definition) is 5. The highest BCUT2D eigenvalue weighted by molar-refractivity contribution is 7.98. The van der Waals surface area contributed by atoms with Crippen molar-refractivity contribution in [3.05, 3.63) is 39.3 Å². The van der Waals surface area contributed by atoms with Crippen molar-refractivity contribution >= 4 is 29.0 Å². The van der Waals surface area contributed by atoms with Crippen molar-refractivity contribution in [3.8, 4) is 6.07 Å². The van der Waals surface area contributed by atoms with E-state index < -0.39 is 0 Å². The lowest BCUT2D eigenvalue weighted by molar-refractivity contribution is -0.120. The number of hydrogen-bond donors (Lipinski definition) is 1. The Hall–Kier alpha value is -1.78. The normalized spacial score (nSPS) is 10.6. The molecular weight excluding hydrogens is 352 g/mol. The molecule has 0 bridgehead atoms. The van der Waals surface area contributed by atoms with Crippen LogP contribution in [0.5, 0.6) is 0 Å². The number of carbonyl (C=O) groups excluding carboxylic acids is 1. The molecular formula is C18H24N4OS2. The minimum Gasteiger partial charge on any atom is -0.355 e. The van der Waals surface area contributed by atoms with Crippen molar-refractivity contribution in [3.63, 3.8) is 0 Å². The largest absolute Gasteiger partial charge is 0.355 e. The highest BCUT2D eigenvalue weighted by Gasteiger charge is 2.12. The number of carbonyl (C=O) groups is 1. The lowest BCUT2D eigenvalue weighted by Gasteiger charge is -2.06. The molecule has 0 saturated carbocycles. The van der Waals surface area contributed by atoms with Crippen LogP contribution in [-0.4, -0.2) is 28.0 Å². The molecule has 2 aromatic heterocycles. The summed E-state index contributed by atoms with van der Waals surface area (Å²) in [6, 6.07) is 4.27. The first-order valence-electron chi connectivity index (χ1n) is 8.37. The predicted octanol–water partition coefficient (Wildman–Crippen LogP) is 3.46. The molecule has 5 nitrogen and oxygen atoms in total. The number of nitrogens with one attached hydrogen (secondary N) is 1. The van der Waals surface area contributed by atoms with E-state index in [1.165, 1.54) is 5.56 Å². The fraction of sp³-hybridized carbons (Fsp3) is 0.500. The fourth-order valence-electron chi connectivity index (χ4n) is 2.62. The summed E-state index contributed by atoms with van der Waals surface area (Å²) in [7, 11) is 0. The van der Waals surface area contributed by atoms with Crippen molar-refractivity contribution in [1.82, 2.24) is 15.1 Å². The van der Waals surface area contributed by atoms with Crippen molar-refractivity contribution < 1.29 is 4.79 Å². The van der Waals surface area contributed by atoms with E-state index in [1.807, 2.05) is 30.3 Å². The molecule has 0 atom stereocenters. The molecule has 134 valence electrons. The van der Waals surface area contributed by atoms with Crippen LogP contribution >= 0.6 is 23.1 Å². The Bertz CT molecular complexity index is 716. The van der Waals surface area contributed by atoms with Crippen LogP contribution in [0.3, 0.4) is 0 Å². The molecule has 0 aromatic carbocycles. The fourth-order valence-corrected chi connectivity index (χ4v) is 4.20. The second-order valence-electron chi connectivity index (χ2n) is 5.81. The summed E-state index contributed by atoms with van der Waals surface area (Å²) in [4.78, 5) is 12.0. The van der Waals surface area contributed by atoms with E-state index in [2.05, 4.69) is 33.3 Å². The molecule has 0 unspecified atom stereocenters. The van der Waals surface area contributed by atoms with Gasteiger partial charge in [0.2, 0.25) is 5.91 Å². The second-order valence-corrected chi connectivity index (χ2v) is 7.70. The summed E-state index contributed by atoms with van der Waals surface area (Å²) in [6.45, 7) is 5.28. The molecule has 0 spiro atoms. The summed E-state index contributed by atoms with van der Waals surface area (Å²) < 4.78 is 1.87. The first kappa shape index (κ1) is 19.5. The number of nitriles is 1. The van der Waals surface area contributed by atoms with Gasteiger partial charge in [0, 0.05) is 30.2 Å². The minimum atomic E-state index is 0.0831. The van der Waals surface area contributed by atoms with Gasteiger partial charge in [0.25, 0.3) is 0 Å². The van der Waals surface area contributed by atoms with E-state index >= 15 is 0 Å². The topological polar surface area (TPSA) is 70.7 Å². The predicted molar refractivity (Wildman–Crippen MR) is 104 cm³/mol. The molecule has 1 N–H and O–H groups in total. The number of thioether (sulfide) groups is 1. The molecule has 0 aliphatic carbocycles. The van der Waals surface area contributed by atoms with Crippen LogP contribution in [0, 0.1) is 25.2 Å². The Labute approximate surface area is 157 Å². The smallest absolute Gasteiger partial charge is 0.220 e. The van der Waals surface area contributed by atoms with Crippen LogP contribution in [0.2, 0.25) is 0 Å². The second kappa shape index (κ2) is 10.3. The summed E-state index contributed by atoms with van der Waals surface area (Å²) in [6.07, 6.45) is 1.61. The van der Waals surface area contributed by atoms with E-state index in [0.717, 1.165) is 28.5 Å². The van der Waals surface area contributed by atoms with Gasteiger partial charge in [-0.3, -0.25) is 9.48 Å². The lowest BCUT2D eigenvalue weighted by atomic mass is 10.1. The van der Waals surface area contributed by atoms with Gasteiger partial charge in [-0.1, -0.05) is 0 Å². The number of amides is 1. The van der Waals surface area contributed by atoms with Crippen LogP contribution in [0.1, 0.15) is 35.4 Å². The highest BCUT2D eigenvalue weighted by atomic mass is 32.2. The average Bonchev–Trinajstić information content (AvgIpc) is 3.20. The molecule has 0 aliphatic heterocycles. The summed E-state index contributed by atoms with van der Waals surface area (Å²) in [5.41, 5.74) is 4.49. The number of aromatic nitrogens is 2. The zero-order valence-electron chi connectivity index (χ0n) is 14.7. The molecule has 2 aromatic rings. The Morgan fingerprint density at radius 3 is 3.04 bits per heavy atom. The maximum Gasteiger partial charge on any atom is 0.220 e. The quantitative estimate of drug-likeness (QED) is 0.645. The van der Waals surface area contributed by atoms with Gasteiger partial charge in [-0.05, 0) is 48.2 Å². The first-order chi connectivity index (χ1) is 12.1. The van der Waals surface area contributed by atoms with Crippen LogP contribution in [0.4, 0.5) is 0 Å². The number of thiophene rings is 1. The van der Waals surface area contributed by atoms with E-state index in [9.17, 15) is 4.79 Å². The highest BCUT2D eigenvalue weighted by Crippen LogP contribution is 2.16. The van der Waals surface area contributed by atoms with Crippen molar-refractivity contribution in [2.75, 3.05) is 12.3 Å². The zero-order chi connectivity index (χ0) is 18.1. The number of nitrogens with zero attached hydrogens (tertiary/aromatic N) is 3. The van der Waals surface area contributed by atoms with Gasteiger partial charge in [0.05, 0.1) is 24.7 Å². The zero-order valence-corrected chi connectivity index (χ0v) is 16.4. The molecule has 7 heteroatoms. The summed E-state index contributed by atoms with van der Waals surface area (Å²) in [5, 5.41) is 20.4. The van der Waals surface area contributed by atoms with E-state index in [0.29, 0.717) is 32.4 Å².